The fraction of sp³-hybridized carbons (Fsp3) is 0.250. The van der Waals surface area contributed by atoms with E-state index in [1.165, 1.54) is 0 Å². The summed E-state index contributed by atoms with van der Waals surface area (Å²) >= 11 is 0. The maximum atomic E-state index is 10.6. The van der Waals surface area contributed by atoms with Gasteiger partial charge in [-0.15, -0.1) is 0 Å². The molecule has 1 rings (SSSR count). The summed E-state index contributed by atoms with van der Waals surface area (Å²) in [6, 6.07) is 6.49. The van der Waals surface area contributed by atoms with Crippen LogP contribution in [0.1, 0.15) is 11.1 Å². The molecule has 3 N–H and O–H groups in total. The highest BCUT2D eigenvalue weighted by molar-refractivity contribution is 7.50. The summed E-state index contributed by atoms with van der Waals surface area (Å²) in [6.45, 7) is -0.0593. The van der Waals surface area contributed by atoms with Gasteiger partial charge in [-0.1, -0.05) is 24.3 Å². The van der Waals surface area contributed by atoms with Crippen LogP contribution in [0.3, 0.4) is 0 Å². The Morgan fingerprint density at radius 2 is 1.54 bits per heavy atom. The van der Waals surface area contributed by atoms with Crippen LogP contribution < -0.4 is 0 Å². The van der Waals surface area contributed by atoms with Gasteiger partial charge in [0.1, 0.15) is 0 Å². The zero-order chi connectivity index (χ0) is 9.90. The summed E-state index contributed by atoms with van der Waals surface area (Å²) in [5.74, 6) is 0. The first-order valence-corrected chi connectivity index (χ1v) is 5.54. The lowest BCUT2D eigenvalue weighted by molar-refractivity contribution is 0.282. The molecule has 1 aromatic carbocycles. The Bertz CT molecular complexity index is 313. The normalized spacial score (nSPS) is 11.6. The number of rotatable bonds is 3. The van der Waals surface area contributed by atoms with Crippen molar-refractivity contribution in [3.63, 3.8) is 0 Å². The third-order valence-electron chi connectivity index (χ3n) is 1.59. The van der Waals surface area contributed by atoms with E-state index >= 15 is 0 Å². The predicted octanol–water partition coefficient (Wildman–Crippen LogP) is 0.857. The maximum Gasteiger partial charge on any atom is 0.329 e. The van der Waals surface area contributed by atoms with Gasteiger partial charge < -0.3 is 14.9 Å². The molecule has 72 valence electrons. The van der Waals surface area contributed by atoms with E-state index in [4.69, 9.17) is 14.9 Å². The molecular formula is C8H11O4P. The highest BCUT2D eigenvalue weighted by Gasteiger charge is 2.13. The summed E-state index contributed by atoms with van der Waals surface area (Å²) in [4.78, 5) is 17.3. The SMILES string of the molecule is O=P(O)(O)Cc1ccc(CO)cc1. The zero-order valence-corrected chi connectivity index (χ0v) is 7.82. The largest absolute Gasteiger partial charge is 0.392 e. The number of hydrogen-bond acceptors (Lipinski definition) is 2. The van der Waals surface area contributed by atoms with Crippen LogP contribution >= 0.6 is 7.60 Å². The average molecular weight is 202 g/mol. The predicted molar refractivity (Wildman–Crippen MR) is 48.1 cm³/mol. The Balaban J connectivity index is 2.76. The first-order valence-electron chi connectivity index (χ1n) is 3.74. The molecule has 0 saturated carbocycles. The lowest BCUT2D eigenvalue weighted by atomic mass is 10.2. The van der Waals surface area contributed by atoms with Crippen molar-refractivity contribution in [3.8, 4) is 0 Å². The van der Waals surface area contributed by atoms with E-state index in [-0.39, 0.29) is 12.8 Å². The van der Waals surface area contributed by atoms with Gasteiger partial charge in [0.15, 0.2) is 0 Å². The molecule has 0 bridgehead atoms. The molecule has 0 atom stereocenters. The van der Waals surface area contributed by atoms with Crippen LogP contribution in [-0.4, -0.2) is 14.9 Å². The highest BCUT2D eigenvalue weighted by atomic mass is 31.2. The Kier molecular flexibility index (Phi) is 3.22. The van der Waals surface area contributed by atoms with E-state index in [0.29, 0.717) is 5.56 Å². The van der Waals surface area contributed by atoms with E-state index in [1.54, 1.807) is 24.3 Å². The van der Waals surface area contributed by atoms with E-state index in [0.717, 1.165) is 5.56 Å². The quantitative estimate of drug-likeness (QED) is 0.635. The first-order chi connectivity index (χ1) is 6.01. The molecule has 5 heteroatoms. The van der Waals surface area contributed by atoms with Gasteiger partial charge in [-0.25, -0.2) is 0 Å². The molecule has 0 spiro atoms. The average Bonchev–Trinajstić information content (AvgIpc) is 2.03. The van der Waals surface area contributed by atoms with Crippen molar-refractivity contribution in [2.75, 3.05) is 0 Å². The standard InChI is InChI=1S/C8H11O4P/c9-5-7-1-3-8(4-2-7)6-13(10,11)12/h1-4,9H,5-6H2,(H2,10,11,12). The van der Waals surface area contributed by atoms with Gasteiger partial charge in [0, 0.05) is 0 Å². The molecule has 0 aliphatic heterocycles. The van der Waals surface area contributed by atoms with Crippen molar-refractivity contribution in [1.29, 1.82) is 0 Å². The van der Waals surface area contributed by atoms with Gasteiger partial charge >= 0.3 is 7.60 Å². The van der Waals surface area contributed by atoms with Crippen LogP contribution in [-0.2, 0) is 17.3 Å². The fourth-order valence-electron chi connectivity index (χ4n) is 0.988. The highest BCUT2D eigenvalue weighted by Crippen LogP contribution is 2.38. The summed E-state index contributed by atoms with van der Waals surface area (Å²) < 4.78 is 10.6. The molecule has 0 fully saturated rings. The molecule has 0 saturated heterocycles. The number of aliphatic hydroxyl groups excluding tert-OH is 1. The zero-order valence-electron chi connectivity index (χ0n) is 6.92. The summed E-state index contributed by atoms with van der Waals surface area (Å²) in [5.41, 5.74) is 1.31. The molecule has 1 aromatic rings. The van der Waals surface area contributed by atoms with Crippen molar-refractivity contribution in [2.45, 2.75) is 12.8 Å². The summed E-state index contributed by atoms with van der Waals surface area (Å²) in [5, 5.41) is 8.71. The third kappa shape index (κ3) is 3.70. The van der Waals surface area contributed by atoms with Crippen LogP contribution in [0, 0.1) is 0 Å². The van der Waals surface area contributed by atoms with Gasteiger partial charge in [0.05, 0.1) is 12.8 Å². The summed E-state index contributed by atoms with van der Waals surface area (Å²) in [6.07, 6.45) is -0.251. The monoisotopic (exact) mass is 202 g/mol. The minimum absolute atomic E-state index is 0.0593. The minimum Gasteiger partial charge on any atom is -0.392 e. The Morgan fingerprint density at radius 1 is 1.08 bits per heavy atom. The molecule has 0 amide bonds. The second-order valence-corrected chi connectivity index (χ2v) is 4.44. The third-order valence-corrected chi connectivity index (χ3v) is 2.37. The molecule has 13 heavy (non-hydrogen) atoms. The number of aliphatic hydroxyl groups is 1. The molecule has 0 radical (unpaired) electrons. The first kappa shape index (κ1) is 10.4. The fourth-order valence-corrected chi connectivity index (χ4v) is 1.67. The van der Waals surface area contributed by atoms with Crippen LogP contribution in [0.4, 0.5) is 0 Å². The smallest absolute Gasteiger partial charge is 0.329 e. The molecule has 0 heterocycles. The van der Waals surface area contributed by atoms with E-state index in [2.05, 4.69) is 0 Å². The summed E-state index contributed by atoms with van der Waals surface area (Å²) in [7, 11) is -3.97. The molecule has 4 nitrogen and oxygen atoms in total. The number of hydrogen-bond donors (Lipinski definition) is 3. The Labute approximate surface area is 76.0 Å². The number of benzene rings is 1. The van der Waals surface area contributed by atoms with Gasteiger partial charge in [-0.2, -0.15) is 0 Å². The lowest BCUT2D eigenvalue weighted by Crippen LogP contribution is -1.88. The molecule has 0 unspecified atom stereocenters. The van der Waals surface area contributed by atoms with Crippen LogP contribution in [0.25, 0.3) is 0 Å². The van der Waals surface area contributed by atoms with Crippen molar-refractivity contribution < 1.29 is 19.5 Å². The second-order valence-electron chi connectivity index (χ2n) is 2.80. The maximum absolute atomic E-state index is 10.6. The van der Waals surface area contributed by atoms with Crippen molar-refractivity contribution in [3.05, 3.63) is 35.4 Å². The van der Waals surface area contributed by atoms with Gasteiger partial charge in [0.2, 0.25) is 0 Å². The van der Waals surface area contributed by atoms with Crippen LogP contribution in [0.2, 0.25) is 0 Å². The van der Waals surface area contributed by atoms with Crippen molar-refractivity contribution >= 4 is 7.60 Å². The molecule has 0 aromatic heterocycles. The van der Waals surface area contributed by atoms with Gasteiger partial charge in [-0.05, 0) is 11.1 Å². The van der Waals surface area contributed by atoms with E-state index in [1.807, 2.05) is 0 Å². The van der Waals surface area contributed by atoms with Crippen molar-refractivity contribution in [2.24, 2.45) is 0 Å². The van der Waals surface area contributed by atoms with Gasteiger partial charge in [0.25, 0.3) is 0 Å². The Morgan fingerprint density at radius 3 is 1.92 bits per heavy atom. The van der Waals surface area contributed by atoms with E-state index < -0.39 is 7.60 Å². The topological polar surface area (TPSA) is 77.8 Å². The van der Waals surface area contributed by atoms with Gasteiger partial charge in [-0.3, -0.25) is 4.57 Å². The lowest BCUT2D eigenvalue weighted by Gasteiger charge is -2.04. The van der Waals surface area contributed by atoms with E-state index in [9.17, 15) is 4.57 Å². The molecule has 0 aliphatic carbocycles. The van der Waals surface area contributed by atoms with Crippen LogP contribution in [0.15, 0.2) is 24.3 Å². The molecular weight excluding hydrogens is 191 g/mol. The second kappa shape index (κ2) is 4.03. The molecule has 0 aliphatic rings. The van der Waals surface area contributed by atoms with Crippen molar-refractivity contribution in [1.82, 2.24) is 0 Å². The van der Waals surface area contributed by atoms with Crippen LogP contribution in [0.5, 0.6) is 0 Å². The Hall–Kier alpha value is -0.670. The minimum atomic E-state index is -3.97.